The molecule has 2 aromatic rings. The second-order valence-corrected chi connectivity index (χ2v) is 4.71. The van der Waals surface area contributed by atoms with Crippen molar-refractivity contribution >= 4 is 11.6 Å². The number of rotatable bonds is 3. The summed E-state index contributed by atoms with van der Waals surface area (Å²) in [6.07, 6.45) is 3.44. The van der Waals surface area contributed by atoms with Gasteiger partial charge in [0.25, 0.3) is 5.91 Å². The average molecular weight is 281 g/mol. The topological polar surface area (TPSA) is 63.6 Å². The summed E-state index contributed by atoms with van der Waals surface area (Å²) in [6.45, 7) is 0. The first-order valence-corrected chi connectivity index (χ1v) is 6.74. The molecule has 5 nitrogen and oxygen atoms in total. The molecule has 1 aliphatic carbocycles. The Morgan fingerprint density at radius 2 is 2.10 bits per heavy atom. The van der Waals surface area contributed by atoms with Crippen LogP contribution < -0.4 is 10.2 Å². The van der Waals surface area contributed by atoms with Crippen LogP contribution in [0.4, 0.5) is 0 Å². The van der Waals surface area contributed by atoms with Gasteiger partial charge in [0.2, 0.25) is 0 Å². The molecule has 0 atom stereocenters. The summed E-state index contributed by atoms with van der Waals surface area (Å²) >= 11 is 0. The fraction of sp³-hybridized carbons (Fsp3) is 0.188. The van der Waals surface area contributed by atoms with Crippen molar-refractivity contribution in [2.24, 2.45) is 5.10 Å². The highest BCUT2D eigenvalue weighted by Gasteiger charge is 2.19. The molecular formula is C16H15N3O2. The lowest BCUT2D eigenvalue weighted by Crippen LogP contribution is -2.20. The molecule has 1 aromatic carbocycles. The number of aryl methyl sites for hydroxylation is 1. The zero-order valence-corrected chi connectivity index (χ0v) is 11.7. The Morgan fingerprint density at radius 1 is 1.24 bits per heavy atom. The minimum absolute atomic E-state index is 0.288. The second-order valence-electron chi connectivity index (χ2n) is 4.71. The van der Waals surface area contributed by atoms with Crippen LogP contribution in [0.3, 0.4) is 0 Å². The van der Waals surface area contributed by atoms with Crippen LogP contribution in [0, 0.1) is 0 Å². The minimum Gasteiger partial charge on any atom is -0.496 e. The van der Waals surface area contributed by atoms with E-state index in [1.807, 2.05) is 18.2 Å². The SMILES string of the molecule is COc1ccccc1C(=O)N/N=C1\CCc2cccnc21. The summed E-state index contributed by atoms with van der Waals surface area (Å²) in [5.41, 5.74) is 5.90. The Morgan fingerprint density at radius 3 is 2.95 bits per heavy atom. The summed E-state index contributed by atoms with van der Waals surface area (Å²) in [4.78, 5) is 16.5. The first-order chi connectivity index (χ1) is 10.3. The van der Waals surface area contributed by atoms with Crippen molar-refractivity contribution in [1.29, 1.82) is 0 Å². The number of hydrogen-bond acceptors (Lipinski definition) is 4. The number of methoxy groups -OCH3 is 1. The maximum Gasteiger partial charge on any atom is 0.275 e. The second kappa shape index (κ2) is 5.75. The molecule has 0 spiro atoms. The molecule has 1 aromatic heterocycles. The monoisotopic (exact) mass is 281 g/mol. The van der Waals surface area contributed by atoms with Crippen LogP contribution >= 0.6 is 0 Å². The number of para-hydroxylation sites is 1. The highest BCUT2D eigenvalue weighted by atomic mass is 16.5. The molecule has 1 heterocycles. The van der Waals surface area contributed by atoms with Crippen LogP contribution in [0.15, 0.2) is 47.7 Å². The number of pyridine rings is 1. The molecule has 0 saturated heterocycles. The molecule has 3 rings (SSSR count). The number of aromatic nitrogens is 1. The maximum absolute atomic E-state index is 12.2. The van der Waals surface area contributed by atoms with Crippen molar-refractivity contribution in [3.63, 3.8) is 0 Å². The van der Waals surface area contributed by atoms with Crippen molar-refractivity contribution in [2.75, 3.05) is 7.11 Å². The van der Waals surface area contributed by atoms with E-state index in [1.54, 1.807) is 24.4 Å². The number of carbonyl (C=O) groups is 1. The number of amides is 1. The van der Waals surface area contributed by atoms with E-state index in [1.165, 1.54) is 12.7 Å². The Kier molecular flexibility index (Phi) is 3.64. The third-order valence-electron chi connectivity index (χ3n) is 3.44. The largest absolute Gasteiger partial charge is 0.496 e. The number of carbonyl (C=O) groups excluding carboxylic acids is 1. The summed E-state index contributed by atoms with van der Waals surface area (Å²) in [6, 6.07) is 11.0. The van der Waals surface area contributed by atoms with Crippen molar-refractivity contribution in [3.8, 4) is 5.75 Å². The summed E-state index contributed by atoms with van der Waals surface area (Å²) < 4.78 is 5.17. The Balaban J connectivity index is 1.79. The van der Waals surface area contributed by atoms with Gasteiger partial charge in [-0.05, 0) is 36.6 Å². The predicted molar refractivity (Wildman–Crippen MR) is 79.6 cm³/mol. The lowest BCUT2D eigenvalue weighted by molar-refractivity contribution is 0.0952. The maximum atomic E-state index is 12.2. The van der Waals surface area contributed by atoms with E-state index in [9.17, 15) is 4.79 Å². The normalized spacial score (nSPS) is 14.8. The first kappa shape index (κ1) is 13.3. The van der Waals surface area contributed by atoms with Crippen LogP contribution in [0.2, 0.25) is 0 Å². The zero-order valence-electron chi connectivity index (χ0n) is 11.7. The van der Waals surface area contributed by atoms with Gasteiger partial charge in [-0.15, -0.1) is 0 Å². The van der Waals surface area contributed by atoms with Crippen molar-refractivity contribution in [2.45, 2.75) is 12.8 Å². The molecule has 5 heteroatoms. The fourth-order valence-corrected chi connectivity index (χ4v) is 2.39. The third-order valence-corrected chi connectivity index (χ3v) is 3.44. The van der Waals surface area contributed by atoms with Gasteiger partial charge in [0, 0.05) is 6.20 Å². The van der Waals surface area contributed by atoms with E-state index in [4.69, 9.17) is 4.74 Å². The number of ether oxygens (including phenoxy) is 1. The Bertz CT molecular complexity index is 710. The van der Waals surface area contributed by atoms with Gasteiger partial charge in [-0.25, -0.2) is 5.43 Å². The molecule has 0 unspecified atom stereocenters. The van der Waals surface area contributed by atoms with Gasteiger partial charge >= 0.3 is 0 Å². The third kappa shape index (κ3) is 2.63. The quantitative estimate of drug-likeness (QED) is 0.877. The van der Waals surface area contributed by atoms with Crippen LogP contribution in [-0.4, -0.2) is 23.7 Å². The van der Waals surface area contributed by atoms with E-state index in [2.05, 4.69) is 15.5 Å². The van der Waals surface area contributed by atoms with E-state index in [-0.39, 0.29) is 5.91 Å². The standard InChI is InChI=1S/C16H15N3O2/c1-21-14-7-3-2-6-12(14)16(20)19-18-13-9-8-11-5-4-10-17-15(11)13/h2-7,10H,8-9H2,1H3,(H,19,20)/b18-13+. The van der Waals surface area contributed by atoms with Crippen LogP contribution in [0.1, 0.15) is 28.0 Å². The fourth-order valence-electron chi connectivity index (χ4n) is 2.39. The number of nitrogens with zero attached hydrogens (tertiary/aromatic N) is 2. The van der Waals surface area contributed by atoms with Crippen molar-refractivity contribution < 1.29 is 9.53 Å². The zero-order chi connectivity index (χ0) is 14.7. The van der Waals surface area contributed by atoms with E-state index in [0.717, 1.165) is 24.2 Å². The molecule has 106 valence electrons. The Labute approximate surface area is 122 Å². The highest BCUT2D eigenvalue weighted by molar-refractivity contribution is 6.04. The first-order valence-electron chi connectivity index (χ1n) is 6.74. The molecule has 1 aliphatic rings. The summed E-state index contributed by atoms with van der Waals surface area (Å²) in [7, 11) is 1.54. The Hall–Kier alpha value is -2.69. The van der Waals surface area contributed by atoms with Crippen molar-refractivity contribution in [3.05, 3.63) is 59.4 Å². The number of nitrogens with one attached hydrogen (secondary N) is 1. The molecule has 0 saturated carbocycles. The molecular weight excluding hydrogens is 266 g/mol. The van der Waals surface area contributed by atoms with E-state index < -0.39 is 0 Å². The molecule has 1 N–H and O–H groups in total. The van der Waals surface area contributed by atoms with Crippen LogP contribution in [0.5, 0.6) is 5.75 Å². The predicted octanol–water partition coefficient (Wildman–Crippen LogP) is 2.17. The number of benzene rings is 1. The smallest absolute Gasteiger partial charge is 0.275 e. The van der Waals surface area contributed by atoms with Gasteiger partial charge in [-0.1, -0.05) is 18.2 Å². The molecule has 0 fully saturated rings. The molecule has 0 bridgehead atoms. The van der Waals surface area contributed by atoms with Crippen molar-refractivity contribution in [1.82, 2.24) is 10.4 Å². The van der Waals surface area contributed by atoms with Gasteiger partial charge in [-0.3, -0.25) is 9.78 Å². The molecule has 1 amide bonds. The summed E-state index contributed by atoms with van der Waals surface area (Å²) in [5.74, 6) is 0.240. The molecule has 0 radical (unpaired) electrons. The van der Waals surface area contributed by atoms with E-state index in [0.29, 0.717) is 11.3 Å². The van der Waals surface area contributed by atoms with Gasteiger partial charge in [0.05, 0.1) is 24.1 Å². The van der Waals surface area contributed by atoms with Gasteiger partial charge in [0.1, 0.15) is 5.75 Å². The number of hydrazone groups is 1. The lowest BCUT2D eigenvalue weighted by Gasteiger charge is -2.06. The van der Waals surface area contributed by atoms with E-state index >= 15 is 0 Å². The minimum atomic E-state index is -0.288. The van der Waals surface area contributed by atoms with Gasteiger partial charge in [-0.2, -0.15) is 5.10 Å². The lowest BCUT2D eigenvalue weighted by atomic mass is 10.2. The average Bonchev–Trinajstić information content (AvgIpc) is 2.96. The number of hydrogen-bond donors (Lipinski definition) is 1. The van der Waals surface area contributed by atoms with Crippen LogP contribution in [-0.2, 0) is 6.42 Å². The molecule has 0 aliphatic heterocycles. The van der Waals surface area contributed by atoms with Gasteiger partial charge < -0.3 is 4.74 Å². The number of fused-ring (bicyclic) bond motifs is 1. The molecule has 21 heavy (non-hydrogen) atoms. The van der Waals surface area contributed by atoms with Crippen LogP contribution in [0.25, 0.3) is 0 Å². The van der Waals surface area contributed by atoms with Gasteiger partial charge in [0.15, 0.2) is 0 Å². The highest BCUT2D eigenvalue weighted by Crippen LogP contribution is 2.20. The summed E-state index contributed by atoms with van der Waals surface area (Å²) in [5, 5.41) is 4.22.